The quantitative estimate of drug-likeness (QED) is 0.784. The van der Waals surface area contributed by atoms with Gasteiger partial charge in [-0.2, -0.15) is 0 Å². The van der Waals surface area contributed by atoms with Crippen molar-refractivity contribution in [2.45, 2.75) is 57.5 Å². The molecule has 2 aliphatic rings. The molecular weight excluding hydrogens is 214 g/mol. The van der Waals surface area contributed by atoms with Gasteiger partial charge in [-0.1, -0.05) is 19.3 Å². The van der Waals surface area contributed by atoms with Gasteiger partial charge in [0.05, 0.1) is 6.04 Å². The smallest absolute Gasteiger partial charge is 0.317 e. The largest absolute Gasteiger partial charge is 0.333 e. The summed E-state index contributed by atoms with van der Waals surface area (Å²) in [6.07, 6.45) is 7.48. The van der Waals surface area contributed by atoms with Crippen molar-refractivity contribution in [1.29, 1.82) is 0 Å². The first kappa shape index (κ1) is 12.7. The summed E-state index contributed by atoms with van der Waals surface area (Å²) >= 11 is 0. The van der Waals surface area contributed by atoms with Crippen molar-refractivity contribution in [3.63, 3.8) is 0 Å². The van der Waals surface area contributed by atoms with Gasteiger partial charge in [0, 0.05) is 12.6 Å². The minimum absolute atomic E-state index is 0.113. The summed E-state index contributed by atoms with van der Waals surface area (Å²) in [5, 5.41) is 3.16. The lowest BCUT2D eigenvalue weighted by Crippen LogP contribution is -2.37. The second kappa shape index (κ2) is 5.71. The van der Waals surface area contributed by atoms with Crippen LogP contribution in [0.3, 0.4) is 0 Å². The van der Waals surface area contributed by atoms with Crippen LogP contribution in [0.5, 0.6) is 0 Å². The molecule has 1 heterocycles. The summed E-state index contributed by atoms with van der Waals surface area (Å²) in [7, 11) is 0. The summed E-state index contributed by atoms with van der Waals surface area (Å²) in [6, 6.07) is 0.762. The fourth-order valence-electron chi connectivity index (χ4n) is 3.16. The molecular formula is C13H25N3O. The van der Waals surface area contributed by atoms with Crippen LogP contribution in [0.25, 0.3) is 0 Å². The van der Waals surface area contributed by atoms with E-state index in [1.54, 1.807) is 0 Å². The summed E-state index contributed by atoms with van der Waals surface area (Å²) < 4.78 is 0. The number of hydrogen-bond acceptors (Lipinski definition) is 2. The summed E-state index contributed by atoms with van der Waals surface area (Å²) in [5.41, 5.74) is 5.56. The number of hydrogen-bond donors (Lipinski definition) is 2. The molecule has 1 saturated carbocycles. The van der Waals surface area contributed by atoms with Gasteiger partial charge in [-0.3, -0.25) is 0 Å². The molecule has 2 rings (SSSR count). The van der Waals surface area contributed by atoms with Crippen molar-refractivity contribution in [1.82, 2.24) is 10.2 Å². The highest BCUT2D eigenvalue weighted by atomic mass is 16.2. The van der Waals surface area contributed by atoms with Gasteiger partial charge < -0.3 is 16.0 Å². The Morgan fingerprint density at radius 1 is 1.41 bits per heavy atom. The van der Waals surface area contributed by atoms with Gasteiger partial charge in [0.2, 0.25) is 0 Å². The lowest BCUT2D eigenvalue weighted by molar-refractivity contribution is 0.198. The van der Waals surface area contributed by atoms with Gasteiger partial charge in [0.25, 0.3) is 0 Å². The van der Waals surface area contributed by atoms with Crippen molar-refractivity contribution < 1.29 is 4.79 Å². The maximum absolute atomic E-state index is 11.9. The van der Waals surface area contributed by atoms with Crippen LogP contribution < -0.4 is 11.1 Å². The zero-order valence-corrected chi connectivity index (χ0v) is 10.8. The third kappa shape index (κ3) is 2.92. The van der Waals surface area contributed by atoms with Crippen LogP contribution in [0.4, 0.5) is 4.79 Å². The molecule has 0 aromatic rings. The molecule has 1 saturated heterocycles. The molecule has 4 heteroatoms. The van der Waals surface area contributed by atoms with E-state index < -0.39 is 0 Å². The Morgan fingerprint density at radius 3 is 2.76 bits per heavy atom. The summed E-state index contributed by atoms with van der Waals surface area (Å²) in [4.78, 5) is 13.9. The van der Waals surface area contributed by atoms with E-state index in [0.717, 1.165) is 13.0 Å². The molecule has 98 valence electrons. The standard InChI is InChI=1S/C13H25N3O/c1-10(7-8-14)16-9-12(15-13(16)17)11-5-3-2-4-6-11/h10-12H,2-9,14H2,1H3,(H,15,17). The third-order valence-electron chi connectivity index (χ3n) is 4.30. The number of nitrogens with one attached hydrogen (secondary N) is 1. The summed E-state index contributed by atoms with van der Waals surface area (Å²) in [6.45, 7) is 3.62. The van der Waals surface area contributed by atoms with Gasteiger partial charge in [-0.05, 0) is 38.6 Å². The number of carbonyl (C=O) groups excluding carboxylic acids is 1. The van der Waals surface area contributed by atoms with Crippen molar-refractivity contribution >= 4 is 6.03 Å². The molecule has 1 aliphatic carbocycles. The van der Waals surface area contributed by atoms with Crippen molar-refractivity contribution in [2.24, 2.45) is 11.7 Å². The van der Waals surface area contributed by atoms with Gasteiger partial charge in [-0.25, -0.2) is 4.79 Å². The van der Waals surface area contributed by atoms with Gasteiger partial charge >= 0.3 is 6.03 Å². The lowest BCUT2D eigenvalue weighted by Gasteiger charge is -2.27. The average molecular weight is 239 g/mol. The highest BCUT2D eigenvalue weighted by Gasteiger charge is 2.36. The van der Waals surface area contributed by atoms with Crippen LogP contribution in [0.15, 0.2) is 0 Å². The Morgan fingerprint density at radius 2 is 2.12 bits per heavy atom. The number of urea groups is 1. The van der Waals surface area contributed by atoms with Crippen LogP contribution in [0, 0.1) is 5.92 Å². The molecule has 3 N–H and O–H groups in total. The molecule has 0 spiro atoms. The molecule has 2 fully saturated rings. The van der Waals surface area contributed by atoms with E-state index in [4.69, 9.17) is 5.73 Å². The van der Waals surface area contributed by atoms with Gasteiger partial charge in [0.15, 0.2) is 0 Å². The van der Waals surface area contributed by atoms with E-state index in [1.165, 1.54) is 32.1 Å². The Hall–Kier alpha value is -0.770. The predicted octanol–water partition coefficient (Wildman–Crippen LogP) is 1.70. The van der Waals surface area contributed by atoms with E-state index in [0.29, 0.717) is 18.5 Å². The number of nitrogens with zero attached hydrogens (tertiary/aromatic N) is 1. The molecule has 0 aromatic carbocycles. The Bertz CT molecular complexity index is 263. The van der Waals surface area contributed by atoms with E-state index in [9.17, 15) is 4.79 Å². The number of nitrogens with two attached hydrogens (primary N) is 1. The third-order valence-corrected chi connectivity index (χ3v) is 4.30. The molecule has 0 bridgehead atoms. The Balaban J connectivity index is 1.89. The predicted molar refractivity (Wildman–Crippen MR) is 68.7 cm³/mol. The molecule has 1 aliphatic heterocycles. The molecule has 4 nitrogen and oxygen atoms in total. The van der Waals surface area contributed by atoms with Crippen LogP contribution in [-0.2, 0) is 0 Å². The fourth-order valence-corrected chi connectivity index (χ4v) is 3.16. The number of rotatable bonds is 4. The topological polar surface area (TPSA) is 58.4 Å². The Labute approximate surface area is 104 Å². The molecule has 2 amide bonds. The maximum Gasteiger partial charge on any atom is 0.317 e. The lowest BCUT2D eigenvalue weighted by atomic mass is 9.84. The molecule has 0 aromatic heterocycles. The van der Waals surface area contributed by atoms with Gasteiger partial charge in [0.1, 0.15) is 0 Å². The molecule has 0 radical (unpaired) electrons. The minimum atomic E-state index is 0.113. The first-order valence-corrected chi connectivity index (χ1v) is 6.99. The maximum atomic E-state index is 11.9. The second-order valence-electron chi connectivity index (χ2n) is 5.53. The first-order valence-electron chi connectivity index (χ1n) is 6.99. The Kier molecular flexibility index (Phi) is 4.26. The average Bonchev–Trinajstić information content (AvgIpc) is 2.73. The SMILES string of the molecule is CC(CCN)N1CC(C2CCCCC2)NC1=O. The van der Waals surface area contributed by atoms with E-state index in [-0.39, 0.29) is 12.1 Å². The first-order chi connectivity index (χ1) is 8.22. The molecule has 17 heavy (non-hydrogen) atoms. The zero-order valence-electron chi connectivity index (χ0n) is 10.8. The van der Waals surface area contributed by atoms with Crippen LogP contribution in [0.2, 0.25) is 0 Å². The number of amides is 2. The number of carbonyl (C=O) groups is 1. The normalized spacial score (nSPS) is 28.2. The molecule has 2 atom stereocenters. The fraction of sp³-hybridized carbons (Fsp3) is 0.923. The van der Waals surface area contributed by atoms with Crippen molar-refractivity contribution in [3.05, 3.63) is 0 Å². The van der Waals surface area contributed by atoms with Crippen LogP contribution in [0.1, 0.15) is 45.4 Å². The van der Waals surface area contributed by atoms with E-state index in [2.05, 4.69) is 12.2 Å². The van der Waals surface area contributed by atoms with Crippen molar-refractivity contribution in [3.8, 4) is 0 Å². The second-order valence-corrected chi connectivity index (χ2v) is 5.53. The van der Waals surface area contributed by atoms with E-state index in [1.807, 2.05) is 4.90 Å². The molecule has 2 unspecified atom stereocenters. The monoisotopic (exact) mass is 239 g/mol. The highest BCUT2D eigenvalue weighted by molar-refractivity contribution is 5.77. The zero-order chi connectivity index (χ0) is 12.3. The van der Waals surface area contributed by atoms with Crippen molar-refractivity contribution in [2.75, 3.05) is 13.1 Å². The van der Waals surface area contributed by atoms with E-state index >= 15 is 0 Å². The van der Waals surface area contributed by atoms with Gasteiger partial charge in [-0.15, -0.1) is 0 Å². The highest BCUT2D eigenvalue weighted by Crippen LogP contribution is 2.29. The van der Waals surface area contributed by atoms with Crippen LogP contribution >= 0.6 is 0 Å². The minimum Gasteiger partial charge on any atom is -0.333 e. The van der Waals surface area contributed by atoms with Crippen LogP contribution in [-0.4, -0.2) is 36.1 Å². The summed E-state index contributed by atoms with van der Waals surface area (Å²) in [5.74, 6) is 0.697.